The molecule has 0 amide bonds. The van der Waals surface area contributed by atoms with E-state index >= 15 is 0 Å². The van der Waals surface area contributed by atoms with Crippen LogP contribution in [0.25, 0.3) is 10.6 Å². The van der Waals surface area contributed by atoms with Crippen LogP contribution in [0.5, 0.6) is 0 Å². The van der Waals surface area contributed by atoms with Crippen molar-refractivity contribution >= 4 is 17.3 Å². The van der Waals surface area contributed by atoms with E-state index < -0.39 is 5.97 Å². The quantitative estimate of drug-likeness (QED) is 0.770. The molecular formula is C12H10FNO2S. The third kappa shape index (κ3) is 2.19. The molecule has 0 bridgehead atoms. The zero-order chi connectivity index (χ0) is 12.4. The van der Waals surface area contributed by atoms with Gasteiger partial charge in [0.05, 0.1) is 13.3 Å². The van der Waals surface area contributed by atoms with Gasteiger partial charge in [0.25, 0.3) is 0 Å². The molecule has 2 rings (SSSR count). The normalized spacial score (nSPS) is 10.3. The number of carbonyl (C=O) groups is 1. The van der Waals surface area contributed by atoms with Gasteiger partial charge in [-0.1, -0.05) is 12.1 Å². The van der Waals surface area contributed by atoms with Crippen LogP contribution in [0.3, 0.4) is 0 Å². The molecule has 0 saturated carbocycles. The second kappa shape index (κ2) is 4.63. The monoisotopic (exact) mass is 251 g/mol. The smallest absolute Gasteiger partial charge is 0.349 e. The molecule has 0 fully saturated rings. The number of aryl methyl sites for hydroxylation is 1. The van der Waals surface area contributed by atoms with Crippen molar-refractivity contribution in [3.8, 4) is 10.6 Å². The maximum Gasteiger partial charge on any atom is 0.349 e. The zero-order valence-electron chi connectivity index (χ0n) is 9.36. The summed E-state index contributed by atoms with van der Waals surface area (Å²) in [5.74, 6) is -0.764. The maximum absolute atomic E-state index is 13.8. The summed E-state index contributed by atoms with van der Waals surface area (Å²) in [7, 11) is 1.30. The largest absolute Gasteiger partial charge is 0.465 e. The van der Waals surface area contributed by atoms with Gasteiger partial charge in [0.2, 0.25) is 0 Å². The number of esters is 1. The molecule has 0 aliphatic carbocycles. The molecule has 0 saturated heterocycles. The number of hydrogen-bond acceptors (Lipinski definition) is 4. The topological polar surface area (TPSA) is 39.2 Å². The maximum atomic E-state index is 13.8. The number of thiazole rings is 1. The Kier molecular flexibility index (Phi) is 3.19. The number of nitrogens with zero attached hydrogens (tertiary/aromatic N) is 1. The van der Waals surface area contributed by atoms with Crippen LogP contribution in [0.4, 0.5) is 4.39 Å². The highest BCUT2D eigenvalue weighted by molar-refractivity contribution is 7.16. The molecule has 0 aliphatic rings. The fourth-order valence-corrected chi connectivity index (χ4v) is 2.26. The molecule has 1 heterocycles. The number of carbonyl (C=O) groups excluding carboxylic acids is 1. The summed E-state index contributed by atoms with van der Waals surface area (Å²) < 4.78 is 18.4. The van der Waals surface area contributed by atoms with Gasteiger partial charge in [-0.15, -0.1) is 11.3 Å². The number of aromatic nitrogens is 1. The minimum absolute atomic E-state index is 0.307. The van der Waals surface area contributed by atoms with Crippen molar-refractivity contribution in [1.29, 1.82) is 0 Å². The Morgan fingerprint density at radius 3 is 2.94 bits per heavy atom. The first kappa shape index (κ1) is 11.7. The minimum Gasteiger partial charge on any atom is -0.465 e. The van der Waals surface area contributed by atoms with Crippen LogP contribution < -0.4 is 0 Å². The molecule has 5 heteroatoms. The van der Waals surface area contributed by atoms with Gasteiger partial charge in [0.15, 0.2) is 0 Å². The highest BCUT2D eigenvalue weighted by atomic mass is 32.1. The number of methoxy groups -OCH3 is 1. The lowest BCUT2D eigenvalue weighted by atomic mass is 10.1. The summed E-state index contributed by atoms with van der Waals surface area (Å²) in [4.78, 5) is 15.7. The number of ether oxygens (including phenoxy) is 1. The Labute approximate surface area is 102 Å². The molecule has 1 aromatic carbocycles. The van der Waals surface area contributed by atoms with Gasteiger partial charge in [0.1, 0.15) is 15.7 Å². The summed E-state index contributed by atoms with van der Waals surface area (Å²) in [6.07, 6.45) is 1.40. The second-order valence-electron chi connectivity index (χ2n) is 3.46. The molecule has 0 unspecified atom stereocenters. The van der Waals surface area contributed by atoms with Crippen LogP contribution in [-0.4, -0.2) is 18.1 Å². The van der Waals surface area contributed by atoms with Crippen LogP contribution in [0, 0.1) is 12.7 Å². The second-order valence-corrected chi connectivity index (χ2v) is 4.49. The van der Waals surface area contributed by atoms with Crippen molar-refractivity contribution in [2.75, 3.05) is 7.11 Å². The average molecular weight is 251 g/mol. The lowest BCUT2D eigenvalue weighted by Gasteiger charge is -2.01. The Bertz CT molecular complexity index is 565. The SMILES string of the molecule is COC(=O)c1cnc(-c2cccc(C)c2F)s1. The molecule has 2 aromatic rings. The fourth-order valence-electron chi connectivity index (χ4n) is 1.41. The summed E-state index contributed by atoms with van der Waals surface area (Å²) in [5.41, 5.74) is 0.961. The van der Waals surface area contributed by atoms with Crippen LogP contribution in [0.2, 0.25) is 0 Å². The fraction of sp³-hybridized carbons (Fsp3) is 0.167. The number of halogens is 1. The van der Waals surface area contributed by atoms with Crippen LogP contribution in [-0.2, 0) is 4.74 Å². The summed E-state index contributed by atoms with van der Waals surface area (Å²) >= 11 is 1.12. The van der Waals surface area contributed by atoms with E-state index in [1.54, 1.807) is 25.1 Å². The standard InChI is InChI=1S/C12H10FNO2S/c1-7-4-3-5-8(10(7)13)11-14-6-9(17-11)12(15)16-2/h3-6H,1-2H3. The highest BCUT2D eigenvalue weighted by Crippen LogP contribution is 2.28. The highest BCUT2D eigenvalue weighted by Gasteiger charge is 2.14. The first-order valence-corrected chi connectivity index (χ1v) is 5.74. The summed E-state index contributed by atoms with van der Waals surface area (Å²) in [5, 5.41) is 0.478. The molecule has 0 atom stereocenters. The van der Waals surface area contributed by atoms with Crippen LogP contribution in [0.15, 0.2) is 24.4 Å². The summed E-state index contributed by atoms with van der Waals surface area (Å²) in [6.45, 7) is 1.69. The van der Waals surface area contributed by atoms with E-state index in [9.17, 15) is 9.18 Å². The third-order valence-electron chi connectivity index (χ3n) is 2.31. The predicted octanol–water partition coefficient (Wildman–Crippen LogP) is 3.04. The van der Waals surface area contributed by atoms with E-state index in [-0.39, 0.29) is 5.82 Å². The van der Waals surface area contributed by atoms with E-state index in [0.29, 0.717) is 21.0 Å². The first-order chi connectivity index (χ1) is 8.13. The number of benzene rings is 1. The predicted molar refractivity (Wildman–Crippen MR) is 63.6 cm³/mol. The van der Waals surface area contributed by atoms with Crippen molar-refractivity contribution in [1.82, 2.24) is 4.98 Å². The van der Waals surface area contributed by atoms with Crippen molar-refractivity contribution in [3.05, 3.63) is 40.7 Å². The van der Waals surface area contributed by atoms with E-state index in [0.717, 1.165) is 11.3 Å². The van der Waals surface area contributed by atoms with Gasteiger partial charge in [-0.05, 0) is 18.6 Å². The summed E-state index contributed by atoms with van der Waals surface area (Å²) in [6, 6.07) is 5.09. The van der Waals surface area contributed by atoms with Gasteiger partial charge in [-0.3, -0.25) is 0 Å². The van der Waals surface area contributed by atoms with Crippen molar-refractivity contribution in [2.24, 2.45) is 0 Å². The third-order valence-corrected chi connectivity index (χ3v) is 3.33. The van der Waals surface area contributed by atoms with Crippen LogP contribution >= 0.6 is 11.3 Å². The lowest BCUT2D eigenvalue weighted by Crippen LogP contribution is -1.96. The van der Waals surface area contributed by atoms with Crippen molar-refractivity contribution in [2.45, 2.75) is 6.92 Å². The van der Waals surface area contributed by atoms with Crippen LogP contribution in [0.1, 0.15) is 15.2 Å². The molecular weight excluding hydrogens is 241 g/mol. The first-order valence-electron chi connectivity index (χ1n) is 4.93. The molecule has 17 heavy (non-hydrogen) atoms. The Hall–Kier alpha value is -1.75. The number of hydrogen-bond donors (Lipinski definition) is 0. The molecule has 0 aliphatic heterocycles. The molecule has 88 valence electrons. The molecule has 1 aromatic heterocycles. The van der Waals surface area contributed by atoms with Crippen molar-refractivity contribution < 1.29 is 13.9 Å². The molecule has 0 N–H and O–H groups in total. The Morgan fingerprint density at radius 2 is 2.24 bits per heavy atom. The van der Waals surface area contributed by atoms with E-state index in [1.165, 1.54) is 13.3 Å². The van der Waals surface area contributed by atoms with Gasteiger partial charge >= 0.3 is 5.97 Å². The Balaban J connectivity index is 2.44. The number of rotatable bonds is 2. The zero-order valence-corrected chi connectivity index (χ0v) is 10.2. The van der Waals surface area contributed by atoms with E-state index in [4.69, 9.17) is 0 Å². The molecule has 0 spiro atoms. The minimum atomic E-state index is -0.457. The van der Waals surface area contributed by atoms with Crippen molar-refractivity contribution in [3.63, 3.8) is 0 Å². The van der Waals surface area contributed by atoms with E-state index in [2.05, 4.69) is 9.72 Å². The van der Waals surface area contributed by atoms with Gasteiger partial charge in [0, 0.05) is 5.56 Å². The van der Waals surface area contributed by atoms with E-state index in [1.807, 2.05) is 0 Å². The van der Waals surface area contributed by atoms with Gasteiger partial charge < -0.3 is 4.74 Å². The average Bonchev–Trinajstić information content (AvgIpc) is 2.81. The lowest BCUT2D eigenvalue weighted by molar-refractivity contribution is 0.0606. The van der Waals surface area contributed by atoms with Gasteiger partial charge in [-0.2, -0.15) is 0 Å². The molecule has 0 radical (unpaired) electrons. The van der Waals surface area contributed by atoms with Gasteiger partial charge in [-0.25, -0.2) is 14.2 Å². The molecule has 3 nitrogen and oxygen atoms in total. The Morgan fingerprint density at radius 1 is 1.47 bits per heavy atom.